The Morgan fingerprint density at radius 3 is 2.28 bits per heavy atom. The van der Waals surface area contributed by atoms with Gasteiger partial charge in [0.25, 0.3) is 0 Å². The molecule has 5 heteroatoms. The van der Waals surface area contributed by atoms with E-state index in [9.17, 15) is 5.11 Å². The van der Waals surface area contributed by atoms with Gasteiger partial charge in [0, 0.05) is 12.1 Å². The molecule has 102 valence electrons. The zero-order chi connectivity index (χ0) is 13.9. The van der Waals surface area contributed by atoms with Crippen LogP contribution in [-0.2, 0) is 0 Å². The molecule has 1 rings (SSSR count). The Kier molecular flexibility index (Phi) is 6.22. The van der Waals surface area contributed by atoms with Crippen molar-refractivity contribution in [2.75, 3.05) is 0 Å². The molecule has 3 unspecified atom stereocenters. The van der Waals surface area contributed by atoms with E-state index in [1.165, 1.54) is 0 Å². The maximum absolute atomic E-state index is 9.34. The highest BCUT2D eigenvalue weighted by molar-refractivity contribution is 6.48. The molecule has 0 heterocycles. The van der Waals surface area contributed by atoms with Gasteiger partial charge >= 0.3 is 0 Å². The summed E-state index contributed by atoms with van der Waals surface area (Å²) >= 11 is 18.1. The summed E-state index contributed by atoms with van der Waals surface area (Å²) in [5.74, 6) is 0. The molecule has 0 spiro atoms. The van der Waals surface area contributed by atoms with Crippen molar-refractivity contribution in [3.8, 4) is 0 Å². The molecule has 0 saturated heterocycles. The highest BCUT2D eigenvalue weighted by Crippen LogP contribution is 2.35. The van der Waals surface area contributed by atoms with Crippen molar-refractivity contribution in [1.29, 1.82) is 0 Å². The summed E-state index contributed by atoms with van der Waals surface area (Å²) in [6.07, 6.45) is 0.354. The van der Waals surface area contributed by atoms with Crippen LogP contribution in [0.2, 0.25) is 15.1 Å². The minimum absolute atomic E-state index is 0.0426. The fourth-order valence-electron chi connectivity index (χ4n) is 1.97. The van der Waals surface area contributed by atoms with Crippen molar-refractivity contribution in [1.82, 2.24) is 5.32 Å². The Labute approximate surface area is 123 Å². The van der Waals surface area contributed by atoms with Crippen LogP contribution in [-0.4, -0.2) is 17.3 Å². The van der Waals surface area contributed by atoms with Gasteiger partial charge in [-0.05, 0) is 38.8 Å². The van der Waals surface area contributed by atoms with E-state index in [1.807, 2.05) is 19.9 Å². The number of rotatable bonds is 5. The first-order valence-corrected chi connectivity index (χ1v) is 7.03. The number of aliphatic hydroxyl groups excluding tert-OH is 1. The summed E-state index contributed by atoms with van der Waals surface area (Å²) in [6.45, 7) is 5.80. The van der Waals surface area contributed by atoms with Gasteiger partial charge in [0.1, 0.15) is 0 Å². The van der Waals surface area contributed by atoms with E-state index in [4.69, 9.17) is 34.8 Å². The standard InChI is InChI=1S/C13H18Cl3NO/c1-7(6-8(2)18)17-9(3)10-4-5-11(14)13(16)12(10)15/h4-5,7-9,17-18H,6H2,1-3H3. The first-order valence-electron chi connectivity index (χ1n) is 5.90. The summed E-state index contributed by atoms with van der Waals surface area (Å²) in [5.41, 5.74) is 0.906. The first kappa shape index (κ1) is 16.1. The molecule has 0 bridgehead atoms. The summed E-state index contributed by atoms with van der Waals surface area (Å²) in [6, 6.07) is 3.83. The molecule has 3 atom stereocenters. The van der Waals surface area contributed by atoms with Gasteiger partial charge in [-0.2, -0.15) is 0 Å². The molecule has 0 aliphatic heterocycles. The van der Waals surface area contributed by atoms with Gasteiger partial charge in [0.2, 0.25) is 0 Å². The van der Waals surface area contributed by atoms with Gasteiger partial charge < -0.3 is 10.4 Å². The second kappa shape index (κ2) is 6.97. The van der Waals surface area contributed by atoms with Gasteiger partial charge in [-0.15, -0.1) is 0 Å². The summed E-state index contributed by atoms with van der Waals surface area (Å²) < 4.78 is 0. The molecule has 0 aliphatic rings. The van der Waals surface area contributed by atoms with Crippen molar-refractivity contribution in [2.24, 2.45) is 0 Å². The van der Waals surface area contributed by atoms with Gasteiger partial charge in [0.15, 0.2) is 0 Å². The van der Waals surface area contributed by atoms with Gasteiger partial charge in [-0.3, -0.25) is 0 Å². The molecular weight excluding hydrogens is 293 g/mol. The van der Waals surface area contributed by atoms with E-state index in [-0.39, 0.29) is 18.2 Å². The molecule has 0 amide bonds. The third-order valence-electron chi connectivity index (χ3n) is 2.76. The molecule has 1 aromatic rings. The average Bonchev–Trinajstić information content (AvgIpc) is 2.24. The van der Waals surface area contributed by atoms with Crippen LogP contribution >= 0.6 is 34.8 Å². The number of hydrogen-bond acceptors (Lipinski definition) is 2. The SMILES string of the molecule is CC(O)CC(C)NC(C)c1ccc(Cl)c(Cl)c1Cl. The molecular formula is C13H18Cl3NO. The minimum atomic E-state index is -0.330. The number of hydrogen-bond donors (Lipinski definition) is 2. The third kappa shape index (κ3) is 4.29. The maximum atomic E-state index is 9.34. The first-order chi connectivity index (χ1) is 8.32. The van der Waals surface area contributed by atoms with Crippen LogP contribution in [0.25, 0.3) is 0 Å². The summed E-state index contributed by atoms with van der Waals surface area (Å²) in [4.78, 5) is 0. The van der Waals surface area contributed by atoms with Crippen LogP contribution in [0, 0.1) is 0 Å². The number of benzene rings is 1. The van der Waals surface area contributed by atoms with Crippen LogP contribution in [0.5, 0.6) is 0 Å². The number of aliphatic hydroxyl groups is 1. The van der Waals surface area contributed by atoms with Crippen molar-refractivity contribution >= 4 is 34.8 Å². The van der Waals surface area contributed by atoms with Crippen LogP contribution < -0.4 is 5.32 Å². The maximum Gasteiger partial charge on any atom is 0.0781 e. The van der Waals surface area contributed by atoms with E-state index in [1.54, 1.807) is 13.0 Å². The quantitative estimate of drug-likeness (QED) is 0.787. The van der Waals surface area contributed by atoms with Crippen LogP contribution in [0.3, 0.4) is 0 Å². The Morgan fingerprint density at radius 2 is 1.72 bits per heavy atom. The molecule has 18 heavy (non-hydrogen) atoms. The van der Waals surface area contributed by atoms with Crippen molar-refractivity contribution in [3.63, 3.8) is 0 Å². The topological polar surface area (TPSA) is 32.3 Å². The van der Waals surface area contributed by atoms with Crippen molar-refractivity contribution in [2.45, 2.75) is 45.4 Å². The van der Waals surface area contributed by atoms with E-state index in [0.29, 0.717) is 21.5 Å². The molecule has 0 radical (unpaired) electrons. The van der Waals surface area contributed by atoms with E-state index >= 15 is 0 Å². The highest BCUT2D eigenvalue weighted by atomic mass is 35.5. The smallest absolute Gasteiger partial charge is 0.0781 e. The van der Waals surface area contributed by atoms with Crippen LogP contribution in [0.4, 0.5) is 0 Å². The fourth-order valence-corrected chi connectivity index (χ4v) is 2.68. The Morgan fingerprint density at radius 1 is 1.11 bits per heavy atom. The summed E-state index contributed by atoms with van der Waals surface area (Å²) in [5, 5.41) is 14.0. The zero-order valence-electron chi connectivity index (χ0n) is 10.7. The lowest BCUT2D eigenvalue weighted by atomic mass is 10.1. The van der Waals surface area contributed by atoms with E-state index in [2.05, 4.69) is 5.32 Å². The summed E-state index contributed by atoms with van der Waals surface area (Å²) in [7, 11) is 0. The lowest BCUT2D eigenvalue weighted by Crippen LogP contribution is -2.31. The van der Waals surface area contributed by atoms with Crippen molar-refractivity contribution in [3.05, 3.63) is 32.8 Å². The lowest BCUT2D eigenvalue weighted by Gasteiger charge is -2.22. The molecule has 2 nitrogen and oxygen atoms in total. The van der Waals surface area contributed by atoms with E-state index < -0.39 is 0 Å². The van der Waals surface area contributed by atoms with Gasteiger partial charge in [0.05, 0.1) is 21.2 Å². The number of halogens is 3. The predicted octanol–water partition coefficient (Wildman–Crippen LogP) is 4.46. The highest BCUT2D eigenvalue weighted by Gasteiger charge is 2.16. The molecule has 0 saturated carbocycles. The molecule has 0 aliphatic carbocycles. The Balaban J connectivity index is 2.78. The lowest BCUT2D eigenvalue weighted by molar-refractivity contribution is 0.168. The fraction of sp³-hybridized carbons (Fsp3) is 0.538. The van der Waals surface area contributed by atoms with Gasteiger partial charge in [-0.25, -0.2) is 0 Å². The monoisotopic (exact) mass is 309 g/mol. The normalized spacial score (nSPS) is 16.4. The second-order valence-electron chi connectivity index (χ2n) is 4.64. The Bertz CT molecular complexity index is 409. The van der Waals surface area contributed by atoms with Crippen LogP contribution in [0.1, 0.15) is 38.8 Å². The second-order valence-corrected chi connectivity index (χ2v) is 5.80. The zero-order valence-corrected chi connectivity index (χ0v) is 12.9. The molecule has 0 aromatic heterocycles. The average molecular weight is 311 g/mol. The third-order valence-corrected chi connectivity index (χ3v) is 4.07. The molecule has 0 fully saturated rings. The molecule has 1 aromatic carbocycles. The minimum Gasteiger partial charge on any atom is -0.393 e. The van der Waals surface area contributed by atoms with Crippen LogP contribution in [0.15, 0.2) is 12.1 Å². The van der Waals surface area contributed by atoms with Gasteiger partial charge in [-0.1, -0.05) is 40.9 Å². The Hall–Kier alpha value is 0.01000. The largest absolute Gasteiger partial charge is 0.393 e. The molecule has 2 N–H and O–H groups in total. The number of nitrogens with one attached hydrogen (secondary N) is 1. The van der Waals surface area contributed by atoms with E-state index in [0.717, 1.165) is 5.56 Å². The predicted molar refractivity (Wildman–Crippen MR) is 78.8 cm³/mol. The van der Waals surface area contributed by atoms with Crippen molar-refractivity contribution < 1.29 is 5.11 Å².